The number of benzene rings is 1. The van der Waals surface area contributed by atoms with Gasteiger partial charge >= 0.3 is 8.25 Å². The van der Waals surface area contributed by atoms with Gasteiger partial charge < -0.3 is 10.3 Å². The molecule has 12 heavy (non-hydrogen) atoms. The third-order valence-corrected chi connectivity index (χ3v) is 1.56. The van der Waals surface area contributed by atoms with Crippen LogP contribution in [0.25, 0.3) is 0 Å². The number of nitrogen functional groups attached to an aromatic ring is 1. The number of hydrazine groups is 1. The van der Waals surface area contributed by atoms with Gasteiger partial charge in [-0.1, -0.05) is 0 Å². The first kappa shape index (κ1) is 8.93. The average Bonchev–Trinajstić information content (AvgIpc) is 2.05. The van der Waals surface area contributed by atoms with Crippen molar-refractivity contribution in [1.29, 1.82) is 0 Å². The molecule has 0 saturated carbocycles. The average molecular weight is 186 g/mol. The van der Waals surface area contributed by atoms with Crippen LogP contribution in [0.3, 0.4) is 0 Å². The molecule has 0 aliphatic carbocycles. The molecule has 1 atom stereocenters. The lowest BCUT2D eigenvalue weighted by atomic mass is 10.3. The topological polar surface area (TPSA) is 87.4 Å². The smallest absolute Gasteiger partial charge is 0.539 e. The van der Waals surface area contributed by atoms with Gasteiger partial charge in [-0.2, -0.15) is 0 Å². The standard InChI is InChI=1S/C6H7N2O3P/c7-8-5-1-3-6(4-2-5)11-12(9)10/h1-4,8H,7H2. The summed E-state index contributed by atoms with van der Waals surface area (Å²) in [5.74, 6) is 5.36. The van der Waals surface area contributed by atoms with Crippen LogP contribution >= 0.6 is 8.25 Å². The predicted molar refractivity (Wildman–Crippen MR) is 42.5 cm³/mol. The summed E-state index contributed by atoms with van der Waals surface area (Å²) in [6, 6.07) is 6.21. The Morgan fingerprint density at radius 1 is 1.42 bits per heavy atom. The van der Waals surface area contributed by atoms with E-state index in [1.165, 1.54) is 12.1 Å². The van der Waals surface area contributed by atoms with Crippen molar-refractivity contribution in [3.63, 3.8) is 0 Å². The number of rotatable bonds is 3. The van der Waals surface area contributed by atoms with Crippen molar-refractivity contribution in [3.8, 4) is 5.75 Å². The monoisotopic (exact) mass is 186 g/mol. The zero-order valence-corrected chi connectivity index (χ0v) is 6.95. The lowest BCUT2D eigenvalue weighted by molar-refractivity contribution is -0.178. The van der Waals surface area contributed by atoms with E-state index in [4.69, 9.17) is 5.84 Å². The molecule has 6 heteroatoms. The van der Waals surface area contributed by atoms with Crippen molar-refractivity contribution in [2.75, 3.05) is 5.43 Å². The van der Waals surface area contributed by atoms with E-state index in [1.54, 1.807) is 12.1 Å². The number of hydrogen-bond donors (Lipinski definition) is 2. The molecular formula is C6H7N2O3P. The lowest BCUT2D eigenvalue weighted by Gasteiger charge is -1.98. The normalized spacial score (nSPS) is 10.7. The zero-order chi connectivity index (χ0) is 8.97. The van der Waals surface area contributed by atoms with Crippen molar-refractivity contribution < 1.29 is 14.0 Å². The molecule has 3 N–H and O–H groups in total. The number of nitrogens with two attached hydrogens (primary N) is 1. The van der Waals surface area contributed by atoms with Crippen LogP contribution < -0.4 is 20.7 Å². The molecule has 0 heterocycles. The SMILES string of the molecule is NNc1ccc(O[P+](=O)[O-])cc1. The summed E-state index contributed by atoms with van der Waals surface area (Å²) in [5.41, 5.74) is 3.08. The van der Waals surface area contributed by atoms with E-state index >= 15 is 0 Å². The van der Waals surface area contributed by atoms with Gasteiger partial charge in [-0.05, 0) is 28.8 Å². The van der Waals surface area contributed by atoms with Gasteiger partial charge in [0.05, 0.1) is 0 Å². The second-order valence-corrected chi connectivity index (χ2v) is 2.61. The van der Waals surface area contributed by atoms with Crippen molar-refractivity contribution in [2.24, 2.45) is 5.84 Å². The third kappa shape index (κ3) is 2.47. The fourth-order valence-corrected chi connectivity index (χ4v) is 0.992. The molecule has 0 saturated heterocycles. The van der Waals surface area contributed by atoms with Crippen molar-refractivity contribution in [2.45, 2.75) is 0 Å². The Labute approximate surface area is 70.1 Å². The quantitative estimate of drug-likeness (QED) is 0.404. The van der Waals surface area contributed by atoms with E-state index in [0.717, 1.165) is 0 Å². The van der Waals surface area contributed by atoms with Gasteiger partial charge in [0, 0.05) is 5.69 Å². The van der Waals surface area contributed by atoms with E-state index in [-0.39, 0.29) is 5.75 Å². The van der Waals surface area contributed by atoms with Gasteiger partial charge in [0.1, 0.15) is 0 Å². The van der Waals surface area contributed by atoms with Crippen LogP contribution in [-0.2, 0) is 4.57 Å². The molecule has 0 bridgehead atoms. The summed E-state index contributed by atoms with van der Waals surface area (Å²) in [4.78, 5) is 10.1. The Bertz CT molecular complexity index is 275. The summed E-state index contributed by atoms with van der Waals surface area (Å²) in [5, 5.41) is 0. The molecule has 1 aromatic rings. The van der Waals surface area contributed by atoms with Gasteiger partial charge in [-0.25, -0.2) is 0 Å². The number of anilines is 1. The van der Waals surface area contributed by atoms with Crippen LogP contribution in [0.2, 0.25) is 0 Å². The fourth-order valence-electron chi connectivity index (χ4n) is 0.698. The van der Waals surface area contributed by atoms with Gasteiger partial charge in [0.25, 0.3) is 0 Å². The van der Waals surface area contributed by atoms with Crippen molar-refractivity contribution in [3.05, 3.63) is 24.3 Å². The molecular weight excluding hydrogens is 179 g/mol. The summed E-state index contributed by atoms with van der Waals surface area (Å²) in [6.07, 6.45) is 0. The maximum atomic E-state index is 10.1. The van der Waals surface area contributed by atoms with Crippen LogP contribution in [0.4, 0.5) is 5.69 Å². The second-order valence-electron chi connectivity index (χ2n) is 1.98. The zero-order valence-electron chi connectivity index (χ0n) is 6.06. The highest BCUT2D eigenvalue weighted by Gasteiger charge is 2.03. The van der Waals surface area contributed by atoms with Gasteiger partial charge in [-0.15, -0.1) is 0 Å². The van der Waals surface area contributed by atoms with Crippen LogP contribution in [0.15, 0.2) is 24.3 Å². The summed E-state index contributed by atoms with van der Waals surface area (Å²) < 4.78 is 14.5. The van der Waals surface area contributed by atoms with E-state index in [1.807, 2.05) is 0 Å². The molecule has 0 aliphatic heterocycles. The lowest BCUT2D eigenvalue weighted by Crippen LogP contribution is -2.06. The summed E-state index contributed by atoms with van der Waals surface area (Å²) >= 11 is 0. The summed E-state index contributed by atoms with van der Waals surface area (Å²) in [7, 11) is -2.84. The Morgan fingerprint density at radius 3 is 2.42 bits per heavy atom. The van der Waals surface area contributed by atoms with Crippen molar-refractivity contribution in [1.82, 2.24) is 0 Å². The largest absolute Gasteiger partial charge is 0.558 e. The summed E-state index contributed by atoms with van der Waals surface area (Å²) in [6.45, 7) is 0. The van der Waals surface area contributed by atoms with Crippen LogP contribution in [0, 0.1) is 0 Å². The predicted octanol–water partition coefficient (Wildman–Crippen LogP) is 0.369. The van der Waals surface area contributed by atoms with E-state index < -0.39 is 8.25 Å². The molecule has 0 radical (unpaired) electrons. The molecule has 64 valence electrons. The van der Waals surface area contributed by atoms with Crippen LogP contribution in [0.1, 0.15) is 0 Å². The van der Waals surface area contributed by atoms with E-state index in [2.05, 4.69) is 9.95 Å². The molecule has 1 rings (SSSR count). The third-order valence-electron chi connectivity index (χ3n) is 1.20. The number of hydrogen-bond acceptors (Lipinski definition) is 5. The van der Waals surface area contributed by atoms with Gasteiger partial charge in [0.2, 0.25) is 0 Å². The van der Waals surface area contributed by atoms with Crippen LogP contribution in [-0.4, -0.2) is 0 Å². The molecule has 0 aliphatic rings. The van der Waals surface area contributed by atoms with Gasteiger partial charge in [-0.3, -0.25) is 10.4 Å². The number of nitrogens with one attached hydrogen (secondary N) is 1. The molecule has 0 fully saturated rings. The Kier molecular flexibility index (Phi) is 2.99. The van der Waals surface area contributed by atoms with Crippen molar-refractivity contribution >= 4 is 13.9 Å². The highest BCUT2D eigenvalue weighted by molar-refractivity contribution is 7.31. The maximum Gasteiger partial charge on any atom is 0.539 e. The molecule has 5 nitrogen and oxygen atoms in total. The highest BCUT2D eigenvalue weighted by Crippen LogP contribution is 2.21. The second kappa shape index (κ2) is 4.01. The molecule has 0 aromatic heterocycles. The fraction of sp³-hybridized carbons (Fsp3) is 0. The maximum absolute atomic E-state index is 10.1. The first-order valence-electron chi connectivity index (χ1n) is 3.11. The minimum Gasteiger partial charge on any atom is -0.558 e. The minimum absolute atomic E-state index is 0.269. The van der Waals surface area contributed by atoms with E-state index in [0.29, 0.717) is 5.69 Å². The minimum atomic E-state index is -2.84. The first-order valence-corrected chi connectivity index (χ1v) is 4.21. The Balaban J connectivity index is 2.71. The molecule has 1 unspecified atom stereocenters. The Morgan fingerprint density at radius 2 is 2.00 bits per heavy atom. The molecule has 1 aromatic carbocycles. The first-order chi connectivity index (χ1) is 5.72. The van der Waals surface area contributed by atoms with E-state index in [9.17, 15) is 9.46 Å². The molecule has 0 spiro atoms. The van der Waals surface area contributed by atoms with Crippen LogP contribution in [0.5, 0.6) is 5.75 Å². The highest BCUT2D eigenvalue weighted by atomic mass is 31.1. The molecule has 0 amide bonds. The van der Waals surface area contributed by atoms with Gasteiger partial charge in [0.15, 0.2) is 5.75 Å². The Hall–Kier alpha value is -1.16.